The van der Waals surface area contributed by atoms with Gasteiger partial charge in [0.25, 0.3) is 0 Å². The predicted octanol–water partition coefficient (Wildman–Crippen LogP) is 4.22. The lowest BCUT2D eigenvalue weighted by atomic mass is 9.99. The number of benzene rings is 2. The molecular formula is C20H20N2O4. The summed E-state index contributed by atoms with van der Waals surface area (Å²) in [6.45, 7) is 1.52. The van der Waals surface area contributed by atoms with E-state index in [1.165, 1.54) is 37.3 Å². The van der Waals surface area contributed by atoms with Gasteiger partial charge in [0.1, 0.15) is 23.0 Å². The smallest absolute Gasteiger partial charge is 0.210 e. The maximum atomic E-state index is 12.3. The molecule has 1 aliphatic carbocycles. The van der Waals surface area contributed by atoms with Crippen LogP contribution < -0.4 is 5.32 Å². The molecule has 0 amide bonds. The molecule has 0 unspecified atom stereocenters. The van der Waals surface area contributed by atoms with Crippen LogP contribution in [-0.2, 0) is 4.79 Å². The van der Waals surface area contributed by atoms with Gasteiger partial charge in [-0.25, -0.2) is 4.99 Å². The first-order valence-electron chi connectivity index (χ1n) is 7.54. The van der Waals surface area contributed by atoms with Crippen molar-refractivity contribution in [2.24, 2.45) is 4.99 Å². The maximum absolute atomic E-state index is 12.3. The lowest BCUT2D eigenvalue weighted by Gasteiger charge is -2.17. The number of phenols is 2. The van der Waals surface area contributed by atoms with Gasteiger partial charge in [-0.05, 0) is 61.5 Å². The molecule has 0 bridgehead atoms. The molecule has 2 aromatic carbocycles. The molecule has 0 saturated carbocycles. The van der Waals surface area contributed by atoms with E-state index in [1.807, 2.05) is 0 Å². The molecule has 6 heteroatoms. The number of anilines is 1. The van der Waals surface area contributed by atoms with Crippen molar-refractivity contribution in [3.05, 3.63) is 71.6 Å². The van der Waals surface area contributed by atoms with Crippen LogP contribution in [0.4, 0.5) is 11.4 Å². The number of Topliss-reactive ketones (excluding diaryl/α,β-unsaturated/α-hetero) is 1. The molecule has 4 N–H and O–H groups in total. The lowest BCUT2D eigenvalue weighted by Crippen LogP contribution is -2.22. The first-order valence-corrected chi connectivity index (χ1v) is 7.54. The number of nitrogens with one attached hydrogen (secondary N) is 1. The van der Waals surface area contributed by atoms with Crippen molar-refractivity contribution in [3.8, 4) is 11.5 Å². The highest BCUT2D eigenvalue weighted by molar-refractivity contribution is 6.51. The van der Waals surface area contributed by atoms with Crippen molar-refractivity contribution in [2.75, 3.05) is 5.32 Å². The Hall–Kier alpha value is -3.54. The highest BCUT2D eigenvalue weighted by atomic mass is 16.3. The predicted molar refractivity (Wildman–Crippen MR) is 102 cm³/mol. The zero-order valence-corrected chi connectivity index (χ0v) is 13.4. The number of hydrogen-bond donors (Lipinski definition) is 4. The van der Waals surface area contributed by atoms with Crippen molar-refractivity contribution in [3.63, 3.8) is 0 Å². The van der Waals surface area contributed by atoms with E-state index < -0.39 is 0 Å². The molecule has 0 fully saturated rings. The molecule has 26 heavy (non-hydrogen) atoms. The Morgan fingerprint density at radius 1 is 0.885 bits per heavy atom. The third-order valence-corrected chi connectivity index (χ3v) is 3.71. The van der Waals surface area contributed by atoms with E-state index in [2.05, 4.69) is 10.3 Å². The Morgan fingerprint density at radius 3 is 2.00 bits per heavy atom. The zero-order valence-electron chi connectivity index (χ0n) is 13.4. The highest BCUT2D eigenvalue weighted by Gasteiger charge is 2.24. The number of carbonyl (C=O) groups excluding carboxylic acids is 1. The standard InChI is InChI=1S/C19H16N2O4.CH4/c1-11-18(24)16(20-12-2-6-14(22)7-3-12)10-17(19(11)25)21-13-4-8-15(23)9-5-13;/h2-10,20,22-24H,1H3;1H4. The first kappa shape index (κ1) is 18.8. The first-order chi connectivity index (χ1) is 11.9. The summed E-state index contributed by atoms with van der Waals surface area (Å²) in [4.78, 5) is 16.6. The van der Waals surface area contributed by atoms with Crippen LogP contribution in [0, 0.1) is 0 Å². The Morgan fingerprint density at radius 2 is 1.42 bits per heavy atom. The summed E-state index contributed by atoms with van der Waals surface area (Å²) in [6.07, 6.45) is 1.46. The number of phenolic OH excluding ortho intramolecular Hbond substituents is 2. The number of aliphatic hydroxyl groups is 1. The molecule has 0 spiro atoms. The van der Waals surface area contributed by atoms with E-state index in [0.29, 0.717) is 17.1 Å². The fourth-order valence-corrected chi connectivity index (χ4v) is 2.32. The second kappa shape index (κ2) is 7.57. The molecule has 2 aromatic rings. The van der Waals surface area contributed by atoms with E-state index in [1.54, 1.807) is 24.3 Å². The van der Waals surface area contributed by atoms with Crippen LogP contribution >= 0.6 is 0 Å². The topological polar surface area (TPSA) is 102 Å². The number of ketones is 1. The Labute approximate surface area is 151 Å². The van der Waals surface area contributed by atoms with Gasteiger partial charge in [0.05, 0.1) is 11.4 Å². The molecule has 134 valence electrons. The maximum Gasteiger partial charge on any atom is 0.210 e. The summed E-state index contributed by atoms with van der Waals surface area (Å²) in [5.74, 6) is -0.286. The van der Waals surface area contributed by atoms with Gasteiger partial charge in [-0.15, -0.1) is 0 Å². The number of nitrogens with zero attached hydrogens (tertiary/aromatic N) is 1. The van der Waals surface area contributed by atoms with Gasteiger partial charge < -0.3 is 20.6 Å². The summed E-state index contributed by atoms with van der Waals surface area (Å²) in [6, 6.07) is 12.4. The minimum absolute atomic E-state index is 0. The molecule has 0 radical (unpaired) electrons. The van der Waals surface area contributed by atoms with Crippen LogP contribution in [0.2, 0.25) is 0 Å². The van der Waals surface area contributed by atoms with Crippen molar-refractivity contribution in [1.82, 2.24) is 0 Å². The Bertz CT molecular complexity index is 908. The second-order valence-electron chi connectivity index (χ2n) is 5.55. The third-order valence-electron chi connectivity index (χ3n) is 3.71. The van der Waals surface area contributed by atoms with Crippen LogP contribution in [0.5, 0.6) is 11.5 Å². The fraction of sp³-hybridized carbons (Fsp3) is 0.100. The monoisotopic (exact) mass is 352 g/mol. The van der Waals surface area contributed by atoms with Gasteiger partial charge in [0, 0.05) is 11.3 Å². The number of aliphatic imine (C=N–C) groups is 1. The van der Waals surface area contributed by atoms with Crippen molar-refractivity contribution in [1.29, 1.82) is 0 Å². The van der Waals surface area contributed by atoms with Crippen LogP contribution in [0.1, 0.15) is 14.4 Å². The molecule has 0 aliphatic heterocycles. The van der Waals surface area contributed by atoms with Crippen LogP contribution in [0.3, 0.4) is 0 Å². The average molecular weight is 352 g/mol. The molecule has 0 aromatic heterocycles. The zero-order chi connectivity index (χ0) is 18.0. The summed E-state index contributed by atoms with van der Waals surface area (Å²) < 4.78 is 0. The van der Waals surface area contributed by atoms with Gasteiger partial charge in [-0.3, -0.25) is 4.79 Å². The van der Waals surface area contributed by atoms with E-state index in [-0.39, 0.29) is 41.8 Å². The van der Waals surface area contributed by atoms with Gasteiger partial charge in [0.2, 0.25) is 5.78 Å². The van der Waals surface area contributed by atoms with Crippen molar-refractivity contribution < 1.29 is 20.1 Å². The van der Waals surface area contributed by atoms with E-state index in [9.17, 15) is 20.1 Å². The Kier molecular flexibility index (Phi) is 5.47. The van der Waals surface area contributed by atoms with Gasteiger partial charge in [-0.2, -0.15) is 0 Å². The minimum Gasteiger partial charge on any atom is -0.508 e. The number of aliphatic hydroxyl groups excluding tert-OH is 1. The molecule has 1 aliphatic rings. The van der Waals surface area contributed by atoms with Gasteiger partial charge in [0.15, 0.2) is 0 Å². The largest absolute Gasteiger partial charge is 0.508 e. The summed E-state index contributed by atoms with van der Waals surface area (Å²) in [5, 5.41) is 31.9. The molecular weight excluding hydrogens is 332 g/mol. The summed E-state index contributed by atoms with van der Waals surface area (Å²) >= 11 is 0. The third kappa shape index (κ3) is 3.92. The molecule has 0 atom stereocenters. The molecule has 0 saturated heterocycles. The molecule has 0 heterocycles. The minimum atomic E-state index is -0.373. The second-order valence-corrected chi connectivity index (χ2v) is 5.55. The van der Waals surface area contributed by atoms with Crippen LogP contribution in [-0.4, -0.2) is 26.8 Å². The molecule has 3 rings (SSSR count). The number of aromatic hydroxyl groups is 2. The summed E-state index contributed by atoms with van der Waals surface area (Å²) in [5.41, 5.74) is 1.83. The van der Waals surface area contributed by atoms with Gasteiger partial charge >= 0.3 is 0 Å². The quantitative estimate of drug-likeness (QED) is 0.489. The normalized spacial score (nSPS) is 15.5. The highest BCUT2D eigenvalue weighted by Crippen LogP contribution is 2.25. The number of carbonyl (C=O) groups is 1. The van der Waals surface area contributed by atoms with E-state index in [0.717, 1.165) is 0 Å². The Balaban J connectivity index is 0.00000243. The van der Waals surface area contributed by atoms with Crippen LogP contribution in [0.25, 0.3) is 0 Å². The van der Waals surface area contributed by atoms with Crippen molar-refractivity contribution >= 4 is 22.9 Å². The van der Waals surface area contributed by atoms with Crippen LogP contribution in [0.15, 0.2) is 76.6 Å². The average Bonchev–Trinajstić information content (AvgIpc) is 2.61. The lowest BCUT2D eigenvalue weighted by molar-refractivity contribution is -0.109. The fourth-order valence-electron chi connectivity index (χ4n) is 2.32. The van der Waals surface area contributed by atoms with E-state index >= 15 is 0 Å². The number of rotatable bonds is 3. The summed E-state index contributed by atoms with van der Waals surface area (Å²) in [7, 11) is 0. The van der Waals surface area contributed by atoms with E-state index in [4.69, 9.17) is 0 Å². The number of allylic oxidation sites excluding steroid dienone is 2. The molecule has 6 nitrogen and oxygen atoms in total. The van der Waals surface area contributed by atoms with Crippen molar-refractivity contribution in [2.45, 2.75) is 14.4 Å². The number of hydrogen-bond acceptors (Lipinski definition) is 6. The SMILES string of the molecule is C.CC1=C(O)C(Nc2ccc(O)cc2)=CC(=Nc2ccc(O)cc2)C1=O. The van der Waals surface area contributed by atoms with Gasteiger partial charge in [-0.1, -0.05) is 7.43 Å².